The summed E-state index contributed by atoms with van der Waals surface area (Å²) in [6.07, 6.45) is -3.99. The number of halogens is 6. The van der Waals surface area contributed by atoms with Gasteiger partial charge in [0.15, 0.2) is 5.75 Å². The molecule has 3 aromatic rings. The van der Waals surface area contributed by atoms with E-state index in [1.165, 1.54) is 29.3 Å². The van der Waals surface area contributed by atoms with Crippen molar-refractivity contribution in [1.29, 1.82) is 5.41 Å². The lowest BCUT2D eigenvalue weighted by atomic mass is 10.1. The number of amides is 2. The second kappa shape index (κ2) is 11.0. The quantitative estimate of drug-likeness (QED) is 0.201. The Labute approximate surface area is 217 Å². The monoisotopic (exact) mass is 557 g/mol. The summed E-state index contributed by atoms with van der Waals surface area (Å²) in [4.78, 5) is 31.1. The number of ether oxygens (including phenoxy) is 1. The number of hydrogen-bond donors (Lipinski definition) is 3. The van der Waals surface area contributed by atoms with E-state index in [9.17, 15) is 27.2 Å². The molecule has 0 spiro atoms. The fourth-order valence-electron chi connectivity index (χ4n) is 3.01. The molecule has 0 radical (unpaired) electrons. The van der Waals surface area contributed by atoms with Crippen molar-refractivity contribution in [2.75, 3.05) is 24.7 Å². The topological polar surface area (TPSA) is 107 Å². The molecule has 0 aliphatic carbocycles. The zero-order chi connectivity index (χ0) is 27.5. The molecule has 1 heterocycles. The van der Waals surface area contributed by atoms with E-state index < -0.39 is 46.6 Å². The minimum absolute atomic E-state index is 0.00471. The highest BCUT2D eigenvalue weighted by Crippen LogP contribution is 2.37. The molecule has 0 aliphatic heterocycles. The van der Waals surface area contributed by atoms with Crippen LogP contribution >= 0.6 is 23.2 Å². The molecule has 0 unspecified atom stereocenters. The molecule has 2 aromatic carbocycles. The van der Waals surface area contributed by atoms with Gasteiger partial charge in [-0.2, -0.15) is 0 Å². The summed E-state index contributed by atoms with van der Waals surface area (Å²) in [6.45, 7) is 0. The first-order chi connectivity index (χ1) is 17.2. The van der Waals surface area contributed by atoms with Crippen LogP contribution in [0.25, 0.3) is 0 Å². The summed E-state index contributed by atoms with van der Waals surface area (Å²) >= 11 is 11.7. The van der Waals surface area contributed by atoms with Crippen LogP contribution in [-0.2, 0) is 0 Å². The summed E-state index contributed by atoms with van der Waals surface area (Å²) < 4.78 is 58.0. The Hall–Kier alpha value is -3.90. The molecule has 37 heavy (non-hydrogen) atoms. The molecule has 2 amide bonds. The molecule has 14 heteroatoms. The average Bonchev–Trinajstić information content (AvgIpc) is 2.80. The maximum absolute atomic E-state index is 14.7. The summed E-state index contributed by atoms with van der Waals surface area (Å²) in [7, 11) is 3.13. The normalized spacial score (nSPS) is 11.0. The predicted octanol–water partition coefficient (Wildman–Crippen LogP) is 5.82. The van der Waals surface area contributed by atoms with Crippen LogP contribution in [0.3, 0.4) is 0 Å². The van der Waals surface area contributed by atoms with E-state index in [2.05, 4.69) is 20.4 Å². The number of anilines is 2. The highest BCUT2D eigenvalue weighted by atomic mass is 35.5. The third-order valence-corrected chi connectivity index (χ3v) is 5.12. The first kappa shape index (κ1) is 27.7. The molecule has 0 bridgehead atoms. The number of amidine groups is 1. The van der Waals surface area contributed by atoms with Crippen LogP contribution in [0.4, 0.5) is 29.1 Å². The maximum atomic E-state index is 14.7. The predicted molar refractivity (Wildman–Crippen MR) is 130 cm³/mol. The Morgan fingerprint density at radius 1 is 0.973 bits per heavy atom. The number of rotatable bonds is 6. The van der Waals surface area contributed by atoms with Crippen LogP contribution in [-0.4, -0.2) is 48.0 Å². The van der Waals surface area contributed by atoms with Crippen LogP contribution in [0.1, 0.15) is 26.3 Å². The molecule has 3 rings (SSSR count). The SMILES string of the molecule is CN(C)C(=N)c1ccc(C(=O)Nc2c(OC(F)(F)F)cc(Cl)cc2C(=O)Nc2ccc(Cl)cn2)c(F)c1. The molecule has 0 fully saturated rings. The fourth-order valence-corrected chi connectivity index (χ4v) is 3.33. The second-order valence-electron chi connectivity index (χ2n) is 7.58. The van der Waals surface area contributed by atoms with Gasteiger partial charge in [0.05, 0.1) is 21.8 Å². The van der Waals surface area contributed by atoms with E-state index in [1.807, 2.05) is 0 Å². The Morgan fingerprint density at radius 3 is 2.22 bits per heavy atom. The summed E-state index contributed by atoms with van der Waals surface area (Å²) in [5, 5.41) is 12.3. The van der Waals surface area contributed by atoms with E-state index in [1.54, 1.807) is 14.1 Å². The standard InChI is InChI=1S/C23H17Cl2F4N5O3/c1-34(2)20(30)11-3-5-14(16(26)7-11)21(35)33-19-15(8-13(25)9-17(19)37-23(27,28)29)22(36)32-18-6-4-12(24)10-31-18/h3-10,30H,1-2H3,(H,33,35)(H,31,32,36). The third-order valence-electron chi connectivity index (χ3n) is 4.68. The molecule has 8 nitrogen and oxygen atoms in total. The lowest BCUT2D eigenvalue weighted by Crippen LogP contribution is -2.24. The van der Waals surface area contributed by atoms with Gasteiger partial charge in [0.1, 0.15) is 17.5 Å². The first-order valence-electron chi connectivity index (χ1n) is 10.1. The molecule has 0 saturated carbocycles. The smallest absolute Gasteiger partial charge is 0.403 e. The first-order valence-corrected chi connectivity index (χ1v) is 10.9. The van der Waals surface area contributed by atoms with Gasteiger partial charge in [-0.05, 0) is 30.3 Å². The number of nitrogens with zero attached hydrogens (tertiary/aromatic N) is 2. The van der Waals surface area contributed by atoms with Gasteiger partial charge in [-0.3, -0.25) is 15.0 Å². The summed E-state index contributed by atoms with van der Waals surface area (Å²) in [5.41, 5.74) is -1.65. The van der Waals surface area contributed by atoms with Gasteiger partial charge in [0.25, 0.3) is 11.8 Å². The zero-order valence-corrected chi connectivity index (χ0v) is 20.5. The van der Waals surface area contributed by atoms with Crippen molar-refractivity contribution in [3.8, 4) is 5.75 Å². The Bertz CT molecular complexity index is 1370. The zero-order valence-electron chi connectivity index (χ0n) is 19.0. The van der Waals surface area contributed by atoms with Gasteiger partial charge in [0.2, 0.25) is 0 Å². The van der Waals surface area contributed by atoms with Gasteiger partial charge in [-0.25, -0.2) is 9.37 Å². The van der Waals surface area contributed by atoms with E-state index >= 15 is 0 Å². The fraction of sp³-hybridized carbons (Fsp3) is 0.130. The Morgan fingerprint density at radius 2 is 1.65 bits per heavy atom. The van der Waals surface area contributed by atoms with Crippen molar-refractivity contribution in [3.05, 3.63) is 81.2 Å². The molecular weight excluding hydrogens is 541 g/mol. The molecule has 0 aliphatic rings. The molecule has 0 saturated heterocycles. The number of benzene rings is 2. The largest absolute Gasteiger partial charge is 0.573 e. The highest BCUT2D eigenvalue weighted by Gasteiger charge is 2.34. The third kappa shape index (κ3) is 7.08. The van der Waals surface area contributed by atoms with Crippen molar-refractivity contribution < 1.29 is 31.9 Å². The average molecular weight is 558 g/mol. The molecule has 0 atom stereocenters. The van der Waals surface area contributed by atoms with Crippen molar-refractivity contribution in [2.45, 2.75) is 6.36 Å². The van der Waals surface area contributed by atoms with Gasteiger partial charge >= 0.3 is 6.36 Å². The van der Waals surface area contributed by atoms with Crippen LogP contribution in [0.2, 0.25) is 10.0 Å². The summed E-state index contributed by atoms with van der Waals surface area (Å²) in [5.74, 6) is -4.29. The van der Waals surface area contributed by atoms with E-state index in [-0.39, 0.29) is 27.3 Å². The minimum atomic E-state index is -5.21. The van der Waals surface area contributed by atoms with Crippen LogP contribution in [0.15, 0.2) is 48.7 Å². The molecular formula is C23H17Cl2F4N5O3. The minimum Gasteiger partial charge on any atom is -0.403 e. The van der Waals surface area contributed by atoms with Crippen molar-refractivity contribution in [3.63, 3.8) is 0 Å². The van der Waals surface area contributed by atoms with Gasteiger partial charge in [-0.15, -0.1) is 13.2 Å². The number of carbonyl (C=O) groups is 2. The Kier molecular flexibility index (Phi) is 8.24. The van der Waals surface area contributed by atoms with Crippen LogP contribution in [0, 0.1) is 11.2 Å². The van der Waals surface area contributed by atoms with Crippen LogP contribution in [0.5, 0.6) is 5.75 Å². The van der Waals surface area contributed by atoms with Gasteiger partial charge in [0, 0.05) is 36.9 Å². The van der Waals surface area contributed by atoms with E-state index in [0.717, 1.165) is 24.3 Å². The van der Waals surface area contributed by atoms with Crippen molar-refractivity contribution >= 4 is 52.4 Å². The van der Waals surface area contributed by atoms with Gasteiger partial charge < -0.3 is 20.3 Å². The van der Waals surface area contributed by atoms with Crippen molar-refractivity contribution in [2.24, 2.45) is 0 Å². The molecule has 194 valence electrons. The van der Waals surface area contributed by atoms with Crippen LogP contribution < -0.4 is 15.4 Å². The maximum Gasteiger partial charge on any atom is 0.573 e. The van der Waals surface area contributed by atoms with Gasteiger partial charge in [-0.1, -0.05) is 29.3 Å². The molecule has 3 N–H and O–H groups in total. The Balaban J connectivity index is 2.02. The number of aromatic nitrogens is 1. The number of nitrogens with one attached hydrogen (secondary N) is 3. The lowest BCUT2D eigenvalue weighted by molar-refractivity contribution is -0.274. The van der Waals surface area contributed by atoms with E-state index in [4.69, 9.17) is 28.6 Å². The summed E-state index contributed by atoms with van der Waals surface area (Å²) in [6, 6.07) is 7.73. The van der Waals surface area contributed by atoms with E-state index in [0.29, 0.717) is 0 Å². The molecule has 1 aromatic heterocycles. The lowest BCUT2D eigenvalue weighted by Gasteiger charge is -2.18. The number of alkyl halides is 3. The number of pyridine rings is 1. The highest BCUT2D eigenvalue weighted by molar-refractivity contribution is 6.32. The van der Waals surface area contributed by atoms with Crippen molar-refractivity contribution in [1.82, 2.24) is 9.88 Å². The number of carbonyl (C=O) groups excluding carboxylic acids is 2. The number of hydrogen-bond acceptors (Lipinski definition) is 5. The second-order valence-corrected chi connectivity index (χ2v) is 8.45.